The van der Waals surface area contributed by atoms with Gasteiger partial charge in [-0.25, -0.2) is 0 Å². The molecule has 0 spiro atoms. The second kappa shape index (κ2) is 7.75. The zero-order valence-corrected chi connectivity index (χ0v) is 14.1. The van der Waals surface area contributed by atoms with Crippen molar-refractivity contribution in [1.82, 2.24) is 15.2 Å². The van der Waals surface area contributed by atoms with Crippen molar-refractivity contribution < 1.29 is 14.3 Å². The maximum Gasteiger partial charge on any atom is 0.251 e. The first-order valence-electron chi connectivity index (χ1n) is 8.73. The molecule has 3 heterocycles. The van der Waals surface area contributed by atoms with Gasteiger partial charge in [0.15, 0.2) is 0 Å². The Bertz CT molecular complexity index is 572. The predicted octanol–water partition coefficient (Wildman–Crippen LogP) is 1.68. The van der Waals surface area contributed by atoms with E-state index in [9.17, 15) is 9.59 Å². The van der Waals surface area contributed by atoms with Crippen molar-refractivity contribution in [3.63, 3.8) is 0 Å². The molecule has 6 nitrogen and oxygen atoms in total. The van der Waals surface area contributed by atoms with Gasteiger partial charge in [-0.2, -0.15) is 0 Å². The van der Waals surface area contributed by atoms with Crippen LogP contribution in [0.25, 0.3) is 0 Å². The number of nitrogens with one attached hydrogen (secondary N) is 1. The lowest BCUT2D eigenvalue weighted by atomic mass is 9.88. The number of amides is 2. The molecule has 3 rings (SSSR count). The lowest BCUT2D eigenvalue weighted by molar-refractivity contribution is -0.143. The zero-order chi connectivity index (χ0) is 16.9. The van der Waals surface area contributed by atoms with Gasteiger partial charge in [0.1, 0.15) is 6.10 Å². The molecule has 0 aromatic carbocycles. The Morgan fingerprint density at radius 2 is 2.21 bits per heavy atom. The van der Waals surface area contributed by atoms with E-state index in [0.717, 1.165) is 37.9 Å². The van der Waals surface area contributed by atoms with Crippen LogP contribution in [0.2, 0.25) is 0 Å². The highest BCUT2D eigenvalue weighted by atomic mass is 16.5. The molecule has 1 aromatic heterocycles. The molecule has 6 heteroatoms. The van der Waals surface area contributed by atoms with Gasteiger partial charge in [0.2, 0.25) is 5.91 Å². The van der Waals surface area contributed by atoms with E-state index in [1.165, 1.54) is 6.92 Å². The average molecular weight is 331 g/mol. The first-order valence-corrected chi connectivity index (χ1v) is 8.73. The molecule has 2 saturated heterocycles. The van der Waals surface area contributed by atoms with Crippen LogP contribution in [0, 0.1) is 5.92 Å². The number of likely N-dealkylation sites (tertiary alicyclic amines) is 1. The van der Waals surface area contributed by atoms with Crippen LogP contribution in [0.3, 0.4) is 0 Å². The lowest BCUT2D eigenvalue weighted by Crippen LogP contribution is -2.48. The number of carbonyl (C=O) groups excluding carboxylic acids is 2. The van der Waals surface area contributed by atoms with Crippen LogP contribution in [0.4, 0.5) is 0 Å². The maximum absolute atomic E-state index is 12.6. The van der Waals surface area contributed by atoms with Gasteiger partial charge in [-0.05, 0) is 37.8 Å². The molecule has 3 unspecified atom stereocenters. The number of rotatable bonds is 4. The number of piperidine rings is 1. The molecule has 2 fully saturated rings. The van der Waals surface area contributed by atoms with E-state index >= 15 is 0 Å². The fourth-order valence-electron chi connectivity index (χ4n) is 3.67. The van der Waals surface area contributed by atoms with Crippen LogP contribution in [0.1, 0.15) is 44.3 Å². The molecular formula is C18H25N3O3. The molecule has 0 aliphatic carbocycles. The van der Waals surface area contributed by atoms with Crippen molar-refractivity contribution in [3.05, 3.63) is 30.1 Å². The first-order chi connectivity index (χ1) is 11.6. The number of hydrogen-bond acceptors (Lipinski definition) is 4. The highest BCUT2D eigenvalue weighted by Crippen LogP contribution is 2.30. The van der Waals surface area contributed by atoms with Crippen molar-refractivity contribution >= 4 is 11.8 Å². The Morgan fingerprint density at radius 1 is 1.33 bits per heavy atom. The van der Waals surface area contributed by atoms with E-state index in [1.54, 1.807) is 6.20 Å². The lowest BCUT2D eigenvalue weighted by Gasteiger charge is -2.37. The molecule has 130 valence electrons. The van der Waals surface area contributed by atoms with Crippen molar-refractivity contribution in [3.8, 4) is 0 Å². The predicted molar refractivity (Wildman–Crippen MR) is 89.1 cm³/mol. The molecular weight excluding hydrogens is 306 g/mol. The van der Waals surface area contributed by atoms with Gasteiger partial charge in [0, 0.05) is 38.7 Å². The van der Waals surface area contributed by atoms with Crippen LogP contribution < -0.4 is 5.32 Å². The van der Waals surface area contributed by atoms with E-state index in [2.05, 4.69) is 10.3 Å². The maximum atomic E-state index is 12.6. The van der Waals surface area contributed by atoms with E-state index in [-0.39, 0.29) is 29.9 Å². The van der Waals surface area contributed by atoms with Crippen LogP contribution >= 0.6 is 0 Å². The summed E-state index contributed by atoms with van der Waals surface area (Å²) < 4.78 is 5.54. The highest BCUT2D eigenvalue weighted by molar-refractivity contribution is 5.81. The van der Waals surface area contributed by atoms with Crippen molar-refractivity contribution in [2.45, 2.75) is 44.8 Å². The topological polar surface area (TPSA) is 71.5 Å². The first kappa shape index (κ1) is 16.9. The number of aromatic nitrogens is 1. The fourth-order valence-corrected chi connectivity index (χ4v) is 3.67. The van der Waals surface area contributed by atoms with Crippen molar-refractivity contribution in [2.75, 3.05) is 19.7 Å². The Morgan fingerprint density at radius 3 is 2.88 bits per heavy atom. The van der Waals surface area contributed by atoms with E-state index < -0.39 is 0 Å². The minimum absolute atomic E-state index is 0.0757. The fraction of sp³-hybridized carbons (Fsp3) is 0.611. The van der Waals surface area contributed by atoms with E-state index in [0.29, 0.717) is 13.2 Å². The summed E-state index contributed by atoms with van der Waals surface area (Å²) in [4.78, 5) is 30.6. The van der Waals surface area contributed by atoms with Crippen LogP contribution in [-0.4, -0.2) is 47.5 Å². The number of pyridine rings is 1. The molecule has 1 N–H and O–H groups in total. The summed E-state index contributed by atoms with van der Waals surface area (Å²) in [6.45, 7) is 3.61. The Kier molecular flexibility index (Phi) is 5.45. The Hall–Kier alpha value is -1.95. The summed E-state index contributed by atoms with van der Waals surface area (Å²) in [5.74, 6) is 0.191. The minimum Gasteiger partial charge on any atom is -0.368 e. The van der Waals surface area contributed by atoms with Crippen LogP contribution in [-0.2, 0) is 14.3 Å². The largest absolute Gasteiger partial charge is 0.368 e. The third-order valence-corrected chi connectivity index (χ3v) is 4.81. The molecule has 0 saturated carbocycles. The summed E-state index contributed by atoms with van der Waals surface area (Å²) in [5.41, 5.74) is 0.851. The number of hydrogen-bond donors (Lipinski definition) is 1. The molecule has 1 aromatic rings. The molecule has 0 bridgehead atoms. The number of carbonyl (C=O) groups is 2. The standard InChI is InChI=1S/C18H25N3O3/c1-13(22)20-17(15-7-2-3-9-19-15)14-6-4-10-21(12-14)18(23)16-8-5-11-24-16/h2-3,7,9,14,16-17H,4-6,8,10-12H2,1H3,(H,20,22). The third-order valence-electron chi connectivity index (χ3n) is 4.81. The number of nitrogens with zero attached hydrogens (tertiary/aromatic N) is 2. The van der Waals surface area contributed by atoms with Crippen LogP contribution in [0.5, 0.6) is 0 Å². The average Bonchev–Trinajstić information content (AvgIpc) is 3.14. The summed E-state index contributed by atoms with van der Waals surface area (Å²) in [6, 6.07) is 5.56. The monoisotopic (exact) mass is 331 g/mol. The second-order valence-electron chi connectivity index (χ2n) is 6.62. The molecule has 2 aliphatic rings. The molecule has 3 atom stereocenters. The quantitative estimate of drug-likeness (QED) is 0.911. The van der Waals surface area contributed by atoms with Crippen LogP contribution in [0.15, 0.2) is 24.4 Å². The van der Waals surface area contributed by atoms with E-state index in [4.69, 9.17) is 4.74 Å². The Balaban J connectivity index is 1.72. The molecule has 24 heavy (non-hydrogen) atoms. The van der Waals surface area contributed by atoms with Gasteiger partial charge in [-0.1, -0.05) is 6.07 Å². The van der Waals surface area contributed by atoms with Gasteiger partial charge in [-0.3, -0.25) is 14.6 Å². The van der Waals surface area contributed by atoms with Gasteiger partial charge < -0.3 is 15.0 Å². The summed E-state index contributed by atoms with van der Waals surface area (Å²) in [7, 11) is 0. The van der Waals surface area contributed by atoms with Gasteiger partial charge in [0.05, 0.1) is 11.7 Å². The summed E-state index contributed by atoms with van der Waals surface area (Å²) in [6.07, 6.45) is 5.13. The molecule has 0 radical (unpaired) electrons. The third kappa shape index (κ3) is 3.93. The Labute approximate surface area is 142 Å². The number of ether oxygens (including phenoxy) is 1. The van der Waals surface area contributed by atoms with Crippen molar-refractivity contribution in [2.24, 2.45) is 5.92 Å². The molecule has 2 amide bonds. The van der Waals surface area contributed by atoms with Crippen molar-refractivity contribution in [1.29, 1.82) is 0 Å². The normalized spacial score (nSPS) is 25.3. The summed E-state index contributed by atoms with van der Waals surface area (Å²) >= 11 is 0. The van der Waals surface area contributed by atoms with Gasteiger partial charge >= 0.3 is 0 Å². The zero-order valence-electron chi connectivity index (χ0n) is 14.1. The molecule has 2 aliphatic heterocycles. The minimum atomic E-state index is -0.280. The highest BCUT2D eigenvalue weighted by Gasteiger charge is 2.35. The second-order valence-corrected chi connectivity index (χ2v) is 6.62. The smallest absolute Gasteiger partial charge is 0.251 e. The van der Waals surface area contributed by atoms with Gasteiger partial charge in [0.25, 0.3) is 5.91 Å². The SMILES string of the molecule is CC(=O)NC(c1ccccn1)C1CCCN(C(=O)C2CCCO2)C1. The summed E-state index contributed by atoms with van der Waals surface area (Å²) in [5, 5.41) is 3.02. The van der Waals surface area contributed by atoms with Gasteiger partial charge in [-0.15, -0.1) is 0 Å². The van der Waals surface area contributed by atoms with E-state index in [1.807, 2.05) is 23.1 Å².